The first-order valence-corrected chi connectivity index (χ1v) is 6.77. The molecule has 0 fully saturated rings. The Bertz CT molecular complexity index is 466. The minimum absolute atomic E-state index is 0.239. The van der Waals surface area contributed by atoms with E-state index < -0.39 is 0 Å². The molecule has 0 aliphatic heterocycles. The summed E-state index contributed by atoms with van der Waals surface area (Å²) in [6.45, 7) is 4.20. The Kier molecular flexibility index (Phi) is 5.84. The number of rotatable bonds is 4. The summed E-state index contributed by atoms with van der Waals surface area (Å²) in [7, 11) is 0. The number of nitrogens with zero attached hydrogens (tertiary/aromatic N) is 1. The summed E-state index contributed by atoms with van der Waals surface area (Å²) in [5.74, 6) is 1.32. The summed E-state index contributed by atoms with van der Waals surface area (Å²) < 4.78 is 9.43. The van der Waals surface area contributed by atoms with Crippen LogP contribution in [-0.2, 0) is 0 Å². The Hall–Kier alpha value is -0.688. The number of allylic oxidation sites excluding steroid dienone is 1. The van der Waals surface area contributed by atoms with Crippen molar-refractivity contribution in [2.75, 3.05) is 0 Å². The van der Waals surface area contributed by atoms with Crippen molar-refractivity contribution in [2.45, 2.75) is 19.8 Å². The lowest BCUT2D eigenvalue weighted by Crippen LogP contribution is -2.04. The topological polar surface area (TPSA) is 45.0 Å². The van der Waals surface area contributed by atoms with Gasteiger partial charge in [-0.3, -0.25) is 0 Å². The van der Waals surface area contributed by atoms with Crippen molar-refractivity contribution in [3.63, 3.8) is 0 Å². The molecule has 1 rings (SSSR count). The quantitative estimate of drug-likeness (QED) is 0.392. The average Bonchev–Trinajstić information content (AvgIpc) is 2.30. The molecule has 86 valence electrons. The summed E-state index contributed by atoms with van der Waals surface area (Å²) in [5.41, 5.74) is 1.10. The molecule has 0 aromatic heterocycles. The lowest BCUT2D eigenvalue weighted by molar-refractivity contribution is 0.437. The van der Waals surface area contributed by atoms with Crippen molar-refractivity contribution in [1.82, 2.24) is 4.30 Å². The van der Waals surface area contributed by atoms with Crippen LogP contribution in [0.5, 0.6) is 5.75 Å². The minimum atomic E-state index is 0.239. The van der Waals surface area contributed by atoms with Crippen LogP contribution < -0.4 is 9.04 Å². The van der Waals surface area contributed by atoms with E-state index in [1.807, 2.05) is 18.2 Å². The maximum atomic E-state index is 8.91. The SMILES string of the molecule is CC(C)c1cc(I)ccc1O/C(C#N)=C/[NH][Al]. The fraction of sp³-hybridized carbons (Fsp3) is 0.250. The van der Waals surface area contributed by atoms with Crippen molar-refractivity contribution in [2.24, 2.45) is 0 Å². The Morgan fingerprint density at radius 1 is 1.59 bits per heavy atom. The second-order valence-corrected chi connectivity index (χ2v) is 5.30. The highest BCUT2D eigenvalue weighted by atomic mass is 127. The minimum Gasteiger partial charge on any atom is -0.493 e. The molecule has 0 saturated heterocycles. The molecular formula is C12H12AlIN2O. The average molecular weight is 354 g/mol. The molecule has 1 N–H and O–H groups in total. The Labute approximate surface area is 124 Å². The second-order valence-electron chi connectivity index (χ2n) is 3.73. The van der Waals surface area contributed by atoms with Gasteiger partial charge in [0.15, 0.2) is 0 Å². The molecule has 17 heavy (non-hydrogen) atoms. The third-order valence-corrected chi connectivity index (χ3v) is 2.98. The monoisotopic (exact) mass is 354 g/mol. The van der Waals surface area contributed by atoms with Crippen molar-refractivity contribution in [3.8, 4) is 11.8 Å². The number of hydrogen-bond acceptors (Lipinski definition) is 3. The van der Waals surface area contributed by atoms with Crippen LogP contribution in [0.2, 0.25) is 0 Å². The van der Waals surface area contributed by atoms with Gasteiger partial charge in [-0.2, -0.15) is 5.26 Å². The fourth-order valence-electron chi connectivity index (χ4n) is 1.34. The Morgan fingerprint density at radius 2 is 2.29 bits per heavy atom. The molecule has 0 unspecified atom stereocenters. The molecule has 0 spiro atoms. The zero-order valence-electron chi connectivity index (χ0n) is 9.70. The van der Waals surface area contributed by atoms with Crippen molar-refractivity contribution >= 4 is 39.1 Å². The largest absolute Gasteiger partial charge is 0.493 e. The van der Waals surface area contributed by atoms with Crippen molar-refractivity contribution in [3.05, 3.63) is 39.3 Å². The number of halogens is 1. The van der Waals surface area contributed by atoms with Gasteiger partial charge in [0.2, 0.25) is 5.76 Å². The maximum absolute atomic E-state index is 8.91. The molecule has 1 aromatic rings. The van der Waals surface area contributed by atoms with Gasteiger partial charge < -0.3 is 9.04 Å². The zero-order valence-corrected chi connectivity index (χ0v) is 13.0. The van der Waals surface area contributed by atoms with E-state index in [1.54, 1.807) is 0 Å². The van der Waals surface area contributed by atoms with E-state index in [1.165, 1.54) is 6.20 Å². The van der Waals surface area contributed by atoms with E-state index in [9.17, 15) is 0 Å². The van der Waals surface area contributed by atoms with E-state index in [-0.39, 0.29) is 5.76 Å². The van der Waals surface area contributed by atoms with Gasteiger partial charge in [0.25, 0.3) is 0 Å². The van der Waals surface area contributed by atoms with Crippen molar-refractivity contribution < 1.29 is 4.74 Å². The number of nitriles is 1. The highest BCUT2D eigenvalue weighted by Gasteiger charge is 2.10. The number of benzene rings is 1. The molecule has 0 atom stereocenters. The van der Waals surface area contributed by atoms with Gasteiger partial charge in [-0.05, 0) is 52.3 Å². The lowest BCUT2D eigenvalue weighted by atomic mass is 10.0. The predicted octanol–water partition coefficient (Wildman–Crippen LogP) is 2.83. The Morgan fingerprint density at radius 3 is 2.82 bits per heavy atom. The van der Waals surface area contributed by atoms with Crippen LogP contribution in [0.25, 0.3) is 0 Å². The molecule has 2 radical (unpaired) electrons. The molecule has 5 heteroatoms. The summed E-state index contributed by atoms with van der Waals surface area (Å²) in [4.78, 5) is 0. The molecule has 3 nitrogen and oxygen atoms in total. The van der Waals surface area contributed by atoms with Crippen LogP contribution in [-0.4, -0.2) is 16.5 Å². The van der Waals surface area contributed by atoms with E-state index in [0.717, 1.165) is 14.9 Å². The van der Waals surface area contributed by atoms with Gasteiger partial charge in [-0.15, -0.1) is 0 Å². The van der Waals surface area contributed by atoms with Gasteiger partial charge in [0.1, 0.15) is 11.8 Å². The summed E-state index contributed by atoms with van der Waals surface area (Å²) >= 11 is 4.56. The van der Waals surface area contributed by atoms with Crippen LogP contribution in [0.4, 0.5) is 0 Å². The number of nitrogens with one attached hydrogen (secondary N) is 1. The van der Waals surface area contributed by atoms with Gasteiger partial charge in [-0.25, -0.2) is 0 Å². The summed E-state index contributed by atoms with van der Waals surface area (Å²) in [5, 5.41) is 8.91. The third-order valence-electron chi connectivity index (χ3n) is 2.14. The van der Waals surface area contributed by atoms with Crippen LogP contribution in [0.15, 0.2) is 30.2 Å². The lowest BCUT2D eigenvalue weighted by Gasteiger charge is -2.13. The molecule has 1 aromatic carbocycles. The Balaban J connectivity index is 3.06. The van der Waals surface area contributed by atoms with Crippen molar-refractivity contribution in [1.29, 1.82) is 5.26 Å². The zero-order chi connectivity index (χ0) is 12.8. The second kappa shape index (κ2) is 6.91. The van der Waals surface area contributed by atoms with Crippen LogP contribution >= 0.6 is 22.6 Å². The summed E-state index contributed by atoms with van der Waals surface area (Å²) in [6, 6.07) is 7.92. The molecule has 0 aliphatic carbocycles. The van der Waals surface area contributed by atoms with E-state index >= 15 is 0 Å². The van der Waals surface area contributed by atoms with Gasteiger partial charge in [-0.1, -0.05) is 13.8 Å². The molecule has 0 bridgehead atoms. The summed E-state index contributed by atoms with van der Waals surface area (Å²) in [6.07, 6.45) is 1.51. The van der Waals surface area contributed by atoms with Gasteiger partial charge in [0.05, 0.1) is 0 Å². The molecular weight excluding hydrogens is 342 g/mol. The maximum Gasteiger partial charge on any atom is 0.304 e. The third kappa shape index (κ3) is 4.24. The first-order valence-electron chi connectivity index (χ1n) is 5.12. The van der Waals surface area contributed by atoms with Crippen LogP contribution in [0.1, 0.15) is 25.3 Å². The van der Waals surface area contributed by atoms with E-state index in [2.05, 4.69) is 63.3 Å². The molecule has 0 saturated carbocycles. The fourth-order valence-corrected chi connectivity index (χ4v) is 2.01. The smallest absolute Gasteiger partial charge is 0.304 e. The van der Waals surface area contributed by atoms with Gasteiger partial charge >= 0.3 is 16.5 Å². The predicted molar refractivity (Wildman–Crippen MR) is 76.5 cm³/mol. The molecule has 0 aliphatic rings. The van der Waals surface area contributed by atoms with E-state index in [0.29, 0.717) is 5.92 Å². The van der Waals surface area contributed by atoms with E-state index in [4.69, 9.17) is 10.00 Å². The number of hydrogen-bond donors (Lipinski definition) is 1. The number of ether oxygens (including phenoxy) is 1. The van der Waals surface area contributed by atoms with Crippen LogP contribution in [0.3, 0.4) is 0 Å². The first kappa shape index (κ1) is 14.4. The highest BCUT2D eigenvalue weighted by Crippen LogP contribution is 2.29. The van der Waals surface area contributed by atoms with Crippen LogP contribution in [0, 0.1) is 14.9 Å². The molecule has 0 amide bonds. The normalized spacial score (nSPS) is 11.1. The first-order chi connectivity index (χ1) is 8.08. The van der Waals surface area contributed by atoms with Gasteiger partial charge in [0, 0.05) is 9.77 Å². The highest BCUT2D eigenvalue weighted by molar-refractivity contribution is 14.1. The molecule has 0 heterocycles. The standard InChI is InChI=1S/C12H12IN2O.Al/c1-8(2)11-5-9(13)3-4-12(11)16-10(6-14)7-15;/h3-6,8,14H,1-2H3;/q-1;+1/b10-6+;.